The van der Waals surface area contributed by atoms with Gasteiger partial charge in [-0.25, -0.2) is 4.79 Å². The lowest BCUT2D eigenvalue weighted by Crippen LogP contribution is -2.34. The number of benzene rings is 1. The predicted octanol–water partition coefficient (Wildman–Crippen LogP) is 2.46. The Balaban J connectivity index is 2.25. The summed E-state index contributed by atoms with van der Waals surface area (Å²) in [5.41, 5.74) is 0.813. The van der Waals surface area contributed by atoms with Gasteiger partial charge in [-0.2, -0.15) is 0 Å². The number of carbonyl (C=O) groups is 2. The van der Waals surface area contributed by atoms with Crippen molar-refractivity contribution in [1.82, 2.24) is 4.90 Å². The van der Waals surface area contributed by atoms with Crippen molar-refractivity contribution in [2.24, 2.45) is 5.92 Å². The Morgan fingerprint density at radius 2 is 2.10 bits per heavy atom. The van der Waals surface area contributed by atoms with Crippen LogP contribution in [0, 0.1) is 5.92 Å². The lowest BCUT2D eigenvalue weighted by Gasteiger charge is -2.26. The van der Waals surface area contributed by atoms with Crippen LogP contribution in [0.2, 0.25) is 0 Å². The molecule has 1 saturated heterocycles. The molecular weight excluding hydrogens is 258 g/mol. The third kappa shape index (κ3) is 2.82. The summed E-state index contributed by atoms with van der Waals surface area (Å²) >= 11 is 0. The Hall–Kier alpha value is -2.30. The van der Waals surface area contributed by atoms with Crippen molar-refractivity contribution in [2.75, 3.05) is 13.2 Å². The molecule has 106 valence electrons. The van der Waals surface area contributed by atoms with Crippen molar-refractivity contribution < 1.29 is 19.4 Å². The molecular formula is C15H17NO4. The van der Waals surface area contributed by atoms with E-state index in [-0.39, 0.29) is 6.61 Å². The van der Waals surface area contributed by atoms with Crippen LogP contribution in [-0.2, 0) is 9.53 Å². The Kier molecular flexibility index (Phi) is 4.40. The fourth-order valence-electron chi connectivity index (χ4n) is 2.53. The van der Waals surface area contributed by atoms with E-state index >= 15 is 0 Å². The van der Waals surface area contributed by atoms with E-state index in [9.17, 15) is 14.7 Å². The maximum absolute atomic E-state index is 12.0. The van der Waals surface area contributed by atoms with Crippen LogP contribution >= 0.6 is 0 Å². The van der Waals surface area contributed by atoms with E-state index in [1.807, 2.05) is 30.3 Å². The molecule has 1 fully saturated rings. The minimum absolute atomic E-state index is 0.120. The molecule has 5 nitrogen and oxygen atoms in total. The Morgan fingerprint density at radius 1 is 1.40 bits per heavy atom. The fourth-order valence-corrected chi connectivity index (χ4v) is 2.53. The van der Waals surface area contributed by atoms with E-state index < -0.39 is 24.0 Å². The SMILES string of the molecule is C=CCOC(=O)N1CC[C@@H](C(=O)O)[C@H]1c1ccccc1. The molecule has 0 aliphatic carbocycles. The third-order valence-electron chi connectivity index (χ3n) is 3.42. The molecule has 0 saturated carbocycles. The van der Waals surface area contributed by atoms with Crippen LogP contribution in [0.1, 0.15) is 18.0 Å². The molecule has 0 radical (unpaired) electrons. The summed E-state index contributed by atoms with van der Waals surface area (Å²) in [4.78, 5) is 24.9. The van der Waals surface area contributed by atoms with Crippen molar-refractivity contribution >= 4 is 12.1 Å². The number of aliphatic carboxylic acids is 1. The van der Waals surface area contributed by atoms with Gasteiger partial charge in [0, 0.05) is 6.54 Å². The van der Waals surface area contributed by atoms with Crippen LogP contribution in [-0.4, -0.2) is 35.2 Å². The second-order valence-electron chi connectivity index (χ2n) is 4.65. The third-order valence-corrected chi connectivity index (χ3v) is 3.42. The van der Waals surface area contributed by atoms with E-state index in [1.54, 1.807) is 0 Å². The van der Waals surface area contributed by atoms with E-state index in [4.69, 9.17) is 4.74 Å². The molecule has 1 amide bonds. The lowest BCUT2D eigenvalue weighted by molar-refractivity contribution is -0.142. The quantitative estimate of drug-likeness (QED) is 0.857. The molecule has 2 rings (SSSR count). The van der Waals surface area contributed by atoms with E-state index in [0.29, 0.717) is 13.0 Å². The molecule has 1 aliphatic rings. The predicted molar refractivity (Wildman–Crippen MR) is 73.2 cm³/mol. The average Bonchev–Trinajstić information content (AvgIpc) is 2.90. The summed E-state index contributed by atoms with van der Waals surface area (Å²) in [6, 6.07) is 8.71. The molecule has 1 aromatic rings. The summed E-state index contributed by atoms with van der Waals surface area (Å²) in [6.45, 7) is 3.99. The second kappa shape index (κ2) is 6.23. The maximum Gasteiger partial charge on any atom is 0.410 e. The minimum atomic E-state index is -0.891. The van der Waals surface area contributed by atoms with Crippen LogP contribution in [0.25, 0.3) is 0 Å². The van der Waals surface area contributed by atoms with Gasteiger partial charge in [-0.15, -0.1) is 0 Å². The molecule has 0 unspecified atom stereocenters. The van der Waals surface area contributed by atoms with Gasteiger partial charge in [-0.3, -0.25) is 4.79 Å². The number of carbonyl (C=O) groups excluding carboxylic acids is 1. The molecule has 20 heavy (non-hydrogen) atoms. The van der Waals surface area contributed by atoms with Gasteiger partial charge in [-0.1, -0.05) is 43.0 Å². The Bertz CT molecular complexity index is 500. The molecule has 0 aromatic heterocycles. The number of carboxylic acids is 1. The zero-order chi connectivity index (χ0) is 14.5. The smallest absolute Gasteiger partial charge is 0.410 e. The first-order chi connectivity index (χ1) is 9.65. The van der Waals surface area contributed by atoms with Gasteiger partial charge < -0.3 is 14.7 Å². The van der Waals surface area contributed by atoms with Gasteiger partial charge in [0.05, 0.1) is 12.0 Å². The van der Waals surface area contributed by atoms with Gasteiger partial charge in [0.15, 0.2) is 0 Å². The number of hydrogen-bond donors (Lipinski definition) is 1. The van der Waals surface area contributed by atoms with Gasteiger partial charge in [0.25, 0.3) is 0 Å². The molecule has 1 heterocycles. The zero-order valence-corrected chi connectivity index (χ0v) is 11.1. The van der Waals surface area contributed by atoms with Crippen LogP contribution in [0.5, 0.6) is 0 Å². The van der Waals surface area contributed by atoms with Gasteiger partial charge >= 0.3 is 12.1 Å². The van der Waals surface area contributed by atoms with Crippen LogP contribution in [0.3, 0.4) is 0 Å². The standard InChI is InChI=1S/C15H17NO4/c1-2-10-20-15(19)16-9-8-12(14(17)18)13(16)11-6-4-3-5-7-11/h2-7,12-13H,1,8-10H2,(H,17,18)/t12-,13-/m1/s1. The highest BCUT2D eigenvalue weighted by Gasteiger charge is 2.42. The number of ether oxygens (including phenoxy) is 1. The first kappa shape index (κ1) is 14.1. The highest BCUT2D eigenvalue weighted by molar-refractivity contribution is 5.75. The zero-order valence-electron chi connectivity index (χ0n) is 11.1. The van der Waals surface area contributed by atoms with E-state index in [1.165, 1.54) is 11.0 Å². The lowest BCUT2D eigenvalue weighted by atomic mass is 9.94. The normalized spacial score (nSPS) is 21.5. The van der Waals surface area contributed by atoms with Crippen LogP contribution in [0.4, 0.5) is 4.79 Å². The summed E-state index contributed by atoms with van der Waals surface area (Å²) in [5.74, 6) is -1.49. The first-order valence-corrected chi connectivity index (χ1v) is 6.47. The van der Waals surface area contributed by atoms with E-state index in [0.717, 1.165) is 5.56 Å². The molecule has 1 N–H and O–H groups in total. The highest BCUT2D eigenvalue weighted by Crippen LogP contribution is 2.37. The number of rotatable bonds is 4. The summed E-state index contributed by atoms with van der Waals surface area (Å²) < 4.78 is 5.03. The number of nitrogens with zero attached hydrogens (tertiary/aromatic N) is 1. The molecule has 5 heteroatoms. The maximum atomic E-state index is 12.0. The molecule has 1 aliphatic heterocycles. The van der Waals surface area contributed by atoms with Crippen molar-refractivity contribution in [1.29, 1.82) is 0 Å². The fraction of sp³-hybridized carbons (Fsp3) is 0.333. The molecule has 0 spiro atoms. The molecule has 1 aromatic carbocycles. The molecule has 0 bridgehead atoms. The van der Waals surface area contributed by atoms with Gasteiger partial charge in [0.1, 0.15) is 6.61 Å². The van der Waals surface area contributed by atoms with Gasteiger partial charge in [-0.05, 0) is 12.0 Å². The van der Waals surface area contributed by atoms with Crippen molar-refractivity contribution in [3.8, 4) is 0 Å². The number of hydrogen-bond acceptors (Lipinski definition) is 3. The van der Waals surface area contributed by atoms with E-state index in [2.05, 4.69) is 6.58 Å². The minimum Gasteiger partial charge on any atom is -0.481 e. The van der Waals surface area contributed by atoms with Crippen molar-refractivity contribution in [3.63, 3.8) is 0 Å². The van der Waals surface area contributed by atoms with Crippen LogP contribution < -0.4 is 0 Å². The van der Waals surface area contributed by atoms with Gasteiger partial charge in [0.2, 0.25) is 0 Å². The number of amides is 1. The number of likely N-dealkylation sites (tertiary alicyclic amines) is 1. The van der Waals surface area contributed by atoms with Crippen molar-refractivity contribution in [3.05, 3.63) is 48.6 Å². The van der Waals surface area contributed by atoms with Crippen molar-refractivity contribution in [2.45, 2.75) is 12.5 Å². The Morgan fingerprint density at radius 3 is 2.70 bits per heavy atom. The van der Waals surface area contributed by atoms with Crippen LogP contribution in [0.15, 0.2) is 43.0 Å². The topological polar surface area (TPSA) is 66.8 Å². The number of carboxylic acid groups (broad SMARTS) is 1. The Labute approximate surface area is 117 Å². The summed E-state index contributed by atoms with van der Waals surface area (Å²) in [5, 5.41) is 9.33. The largest absolute Gasteiger partial charge is 0.481 e. The summed E-state index contributed by atoms with van der Waals surface area (Å²) in [6.07, 6.45) is 1.42. The monoisotopic (exact) mass is 275 g/mol. The average molecular weight is 275 g/mol. The summed E-state index contributed by atoms with van der Waals surface area (Å²) in [7, 11) is 0. The highest BCUT2D eigenvalue weighted by atomic mass is 16.6. The first-order valence-electron chi connectivity index (χ1n) is 6.47. The molecule has 2 atom stereocenters. The second-order valence-corrected chi connectivity index (χ2v) is 4.65.